The van der Waals surface area contributed by atoms with Gasteiger partial charge in [0.15, 0.2) is 0 Å². The number of benzene rings is 1. The molecule has 134 valence electrons. The number of nitrogens with two attached hydrogens (primary N) is 1. The lowest BCUT2D eigenvalue weighted by Gasteiger charge is -2.30. The second-order valence-electron chi connectivity index (χ2n) is 7.18. The summed E-state index contributed by atoms with van der Waals surface area (Å²) < 4.78 is 0. The first-order valence-electron chi connectivity index (χ1n) is 9.16. The summed E-state index contributed by atoms with van der Waals surface area (Å²) in [6, 6.07) is 10.5. The van der Waals surface area contributed by atoms with Crippen molar-refractivity contribution in [2.45, 2.75) is 45.1 Å². The quantitative estimate of drug-likeness (QED) is 0.810. The third kappa shape index (κ3) is 4.43. The van der Waals surface area contributed by atoms with Crippen molar-refractivity contribution in [1.82, 2.24) is 15.5 Å². The average Bonchev–Trinajstić information content (AvgIpc) is 2.64. The largest absolute Gasteiger partial charge is 0.382 e. The predicted molar refractivity (Wildman–Crippen MR) is 107 cm³/mol. The first-order chi connectivity index (χ1) is 12.5. The van der Waals surface area contributed by atoms with Crippen LogP contribution in [0.25, 0.3) is 5.70 Å². The van der Waals surface area contributed by atoms with E-state index in [4.69, 9.17) is 12.2 Å². The zero-order valence-corrected chi connectivity index (χ0v) is 15.3. The van der Waals surface area contributed by atoms with Gasteiger partial charge in [-0.1, -0.05) is 24.6 Å². The Bertz CT molecular complexity index is 809. The molecule has 26 heavy (non-hydrogen) atoms. The van der Waals surface area contributed by atoms with Gasteiger partial charge in [0.05, 0.1) is 5.70 Å². The van der Waals surface area contributed by atoms with Gasteiger partial charge < -0.3 is 11.1 Å². The van der Waals surface area contributed by atoms with Crippen molar-refractivity contribution in [3.63, 3.8) is 0 Å². The summed E-state index contributed by atoms with van der Waals surface area (Å²) in [6.07, 6.45) is 11.4. The molecular weight excluding hydrogens is 320 g/mol. The average molecular weight is 346 g/mol. The number of hydrogen-bond acceptors (Lipinski definition) is 4. The Morgan fingerprint density at radius 2 is 2.00 bits per heavy atom. The number of rotatable bonds is 5. The van der Waals surface area contributed by atoms with E-state index in [2.05, 4.69) is 53.1 Å². The molecule has 1 aromatic heterocycles. The van der Waals surface area contributed by atoms with E-state index in [1.807, 2.05) is 6.07 Å². The molecule has 2 aromatic rings. The highest BCUT2D eigenvalue weighted by Gasteiger charge is 2.22. The summed E-state index contributed by atoms with van der Waals surface area (Å²) in [5.74, 6) is 3.89. The van der Waals surface area contributed by atoms with Gasteiger partial charge in [0, 0.05) is 11.6 Å². The molecule has 4 nitrogen and oxygen atoms in total. The fourth-order valence-electron chi connectivity index (χ4n) is 3.68. The van der Waals surface area contributed by atoms with Crippen molar-refractivity contribution in [2.75, 3.05) is 5.73 Å². The normalized spacial score (nSPS) is 19.5. The van der Waals surface area contributed by atoms with Crippen LogP contribution in [0.5, 0.6) is 0 Å². The molecule has 1 saturated carbocycles. The Morgan fingerprint density at radius 3 is 2.62 bits per heavy atom. The number of terminal acetylenes is 1. The van der Waals surface area contributed by atoms with E-state index in [0.717, 1.165) is 42.1 Å². The van der Waals surface area contributed by atoms with Gasteiger partial charge in [0.25, 0.3) is 0 Å². The molecule has 1 aliphatic rings. The van der Waals surface area contributed by atoms with E-state index >= 15 is 0 Å². The van der Waals surface area contributed by atoms with Gasteiger partial charge in [-0.2, -0.15) is 0 Å². The fourth-order valence-corrected chi connectivity index (χ4v) is 3.68. The Labute approximate surface area is 155 Å². The summed E-state index contributed by atoms with van der Waals surface area (Å²) >= 11 is 0. The molecule has 0 unspecified atom stereocenters. The number of anilines is 1. The summed E-state index contributed by atoms with van der Waals surface area (Å²) in [6.45, 7) is 6.18. The second kappa shape index (κ2) is 8.05. The van der Waals surface area contributed by atoms with Gasteiger partial charge in [-0.3, -0.25) is 0 Å². The molecule has 0 radical (unpaired) electrons. The minimum Gasteiger partial charge on any atom is -0.382 e. The molecule has 1 aromatic carbocycles. The van der Waals surface area contributed by atoms with Crippen molar-refractivity contribution in [1.29, 1.82) is 0 Å². The minimum atomic E-state index is 0.424. The monoisotopic (exact) mass is 346 g/mol. The van der Waals surface area contributed by atoms with Crippen molar-refractivity contribution in [3.05, 3.63) is 59.3 Å². The Hall–Kier alpha value is -2.80. The maximum atomic E-state index is 5.58. The highest BCUT2D eigenvalue weighted by atomic mass is 15.1. The van der Waals surface area contributed by atoms with E-state index in [0.29, 0.717) is 11.9 Å². The Balaban J connectivity index is 1.49. The molecule has 1 aliphatic carbocycles. The molecule has 0 aliphatic heterocycles. The number of hydrogen-bond donors (Lipinski definition) is 2. The van der Waals surface area contributed by atoms with Crippen LogP contribution in [-0.4, -0.2) is 16.2 Å². The van der Waals surface area contributed by atoms with Crippen LogP contribution in [-0.2, 0) is 6.42 Å². The number of aromatic nitrogens is 2. The van der Waals surface area contributed by atoms with Gasteiger partial charge in [-0.05, 0) is 74.3 Å². The van der Waals surface area contributed by atoms with Crippen LogP contribution < -0.4 is 11.1 Å². The van der Waals surface area contributed by atoms with Gasteiger partial charge in [-0.25, -0.2) is 0 Å². The van der Waals surface area contributed by atoms with Crippen LogP contribution in [0.2, 0.25) is 0 Å². The van der Waals surface area contributed by atoms with E-state index in [1.54, 1.807) is 6.07 Å². The SMILES string of the molecule is C#Cc1ccc(CC2CCC(NC(=C)c3ccc(N)nn3)CC2)cc1C. The van der Waals surface area contributed by atoms with Crippen molar-refractivity contribution < 1.29 is 0 Å². The first kappa shape index (κ1) is 18.0. The maximum absolute atomic E-state index is 5.58. The minimum absolute atomic E-state index is 0.424. The van der Waals surface area contributed by atoms with E-state index < -0.39 is 0 Å². The van der Waals surface area contributed by atoms with E-state index in [9.17, 15) is 0 Å². The Morgan fingerprint density at radius 1 is 1.23 bits per heavy atom. The van der Waals surface area contributed by atoms with Crippen LogP contribution in [0, 0.1) is 25.2 Å². The molecular formula is C22H26N4. The highest BCUT2D eigenvalue weighted by Crippen LogP contribution is 2.29. The molecule has 1 fully saturated rings. The third-order valence-electron chi connectivity index (χ3n) is 5.19. The first-order valence-corrected chi connectivity index (χ1v) is 9.16. The molecule has 0 bridgehead atoms. The fraction of sp³-hybridized carbons (Fsp3) is 0.364. The topological polar surface area (TPSA) is 63.8 Å². The van der Waals surface area contributed by atoms with Crippen molar-refractivity contribution in [3.8, 4) is 12.3 Å². The maximum Gasteiger partial charge on any atom is 0.146 e. The van der Waals surface area contributed by atoms with Crippen molar-refractivity contribution in [2.24, 2.45) is 5.92 Å². The molecule has 3 rings (SSSR count). The van der Waals surface area contributed by atoms with Crippen LogP contribution in [0.3, 0.4) is 0 Å². The summed E-state index contributed by atoms with van der Waals surface area (Å²) in [4.78, 5) is 0. The van der Waals surface area contributed by atoms with Gasteiger partial charge in [0.1, 0.15) is 11.5 Å². The second-order valence-corrected chi connectivity index (χ2v) is 7.18. The van der Waals surface area contributed by atoms with Crippen molar-refractivity contribution >= 4 is 11.5 Å². The molecule has 0 saturated heterocycles. The Kier molecular flexibility index (Phi) is 5.58. The van der Waals surface area contributed by atoms with E-state index in [1.165, 1.54) is 24.0 Å². The number of nitrogens with one attached hydrogen (secondary N) is 1. The molecule has 4 heteroatoms. The lowest BCUT2D eigenvalue weighted by Crippen LogP contribution is -2.32. The lowest BCUT2D eigenvalue weighted by molar-refractivity contribution is 0.308. The molecule has 0 atom stereocenters. The summed E-state index contributed by atoms with van der Waals surface area (Å²) in [5.41, 5.74) is 10.7. The number of nitrogen functional groups attached to an aromatic ring is 1. The zero-order valence-electron chi connectivity index (χ0n) is 15.3. The molecule has 1 heterocycles. The van der Waals surface area contributed by atoms with Crippen LogP contribution in [0.4, 0.5) is 5.82 Å². The zero-order chi connectivity index (χ0) is 18.5. The molecule has 3 N–H and O–H groups in total. The van der Waals surface area contributed by atoms with Crippen LogP contribution in [0.1, 0.15) is 48.1 Å². The summed E-state index contributed by atoms with van der Waals surface area (Å²) in [7, 11) is 0. The highest BCUT2D eigenvalue weighted by molar-refractivity contribution is 5.58. The number of aryl methyl sites for hydroxylation is 1. The third-order valence-corrected chi connectivity index (χ3v) is 5.19. The summed E-state index contributed by atoms with van der Waals surface area (Å²) in [5, 5.41) is 11.5. The van der Waals surface area contributed by atoms with Crippen LogP contribution in [0.15, 0.2) is 36.9 Å². The molecule has 0 amide bonds. The van der Waals surface area contributed by atoms with Gasteiger partial charge in [-0.15, -0.1) is 16.6 Å². The van der Waals surface area contributed by atoms with Gasteiger partial charge in [0.2, 0.25) is 0 Å². The predicted octanol–water partition coefficient (Wildman–Crippen LogP) is 3.71. The number of nitrogens with zero attached hydrogens (tertiary/aromatic N) is 2. The lowest BCUT2D eigenvalue weighted by atomic mass is 9.82. The van der Waals surface area contributed by atoms with Crippen LogP contribution >= 0.6 is 0 Å². The smallest absolute Gasteiger partial charge is 0.146 e. The van der Waals surface area contributed by atoms with Gasteiger partial charge >= 0.3 is 0 Å². The molecule has 0 spiro atoms. The van der Waals surface area contributed by atoms with E-state index in [-0.39, 0.29) is 0 Å². The standard InChI is InChI=1S/C22H26N4/c1-4-19-8-5-18(13-15(19)2)14-17-6-9-20(10-7-17)24-16(3)21-11-12-22(23)26-25-21/h1,5,8,11-13,17,20,24H,3,6-7,9-10,14H2,2H3,(H2,23,26).